The van der Waals surface area contributed by atoms with Crippen molar-refractivity contribution in [3.8, 4) is 0 Å². The molecule has 0 bridgehead atoms. The first-order valence-electron chi connectivity index (χ1n) is 9.91. The lowest BCUT2D eigenvalue weighted by Crippen LogP contribution is -2.31. The van der Waals surface area contributed by atoms with E-state index in [1.165, 1.54) is 22.7 Å². The SMILES string of the molecule is O=C(c1ccc(N2C=CC=CC2F)nc1)N1Cc2ccccc2Cc2ccccc21. The van der Waals surface area contributed by atoms with Crippen molar-refractivity contribution in [3.05, 3.63) is 114 Å². The maximum Gasteiger partial charge on any atom is 0.260 e. The molecule has 1 aromatic heterocycles. The highest BCUT2D eigenvalue weighted by atomic mass is 19.1. The Morgan fingerprint density at radius 1 is 0.933 bits per heavy atom. The molecule has 0 N–H and O–H groups in total. The number of hydrogen-bond acceptors (Lipinski definition) is 3. The van der Waals surface area contributed by atoms with Crippen molar-refractivity contribution < 1.29 is 9.18 Å². The van der Waals surface area contributed by atoms with Crippen LogP contribution in [0, 0.1) is 0 Å². The molecule has 5 rings (SSSR count). The number of carbonyl (C=O) groups excluding carboxylic acids is 1. The Morgan fingerprint density at radius 2 is 1.70 bits per heavy atom. The van der Waals surface area contributed by atoms with Gasteiger partial charge in [-0.3, -0.25) is 9.69 Å². The highest BCUT2D eigenvalue weighted by Crippen LogP contribution is 2.31. The van der Waals surface area contributed by atoms with E-state index >= 15 is 0 Å². The lowest BCUT2D eigenvalue weighted by molar-refractivity contribution is 0.0985. The first-order valence-corrected chi connectivity index (χ1v) is 9.91. The summed E-state index contributed by atoms with van der Waals surface area (Å²) in [6, 6.07) is 19.6. The number of anilines is 2. The van der Waals surface area contributed by atoms with Crippen LogP contribution in [0.2, 0.25) is 0 Å². The number of amides is 1. The number of para-hydroxylation sites is 1. The normalized spacial score (nSPS) is 17.3. The van der Waals surface area contributed by atoms with E-state index in [4.69, 9.17) is 0 Å². The summed E-state index contributed by atoms with van der Waals surface area (Å²) in [5.74, 6) is 0.338. The number of rotatable bonds is 2. The van der Waals surface area contributed by atoms with Crippen molar-refractivity contribution >= 4 is 17.4 Å². The van der Waals surface area contributed by atoms with Crippen LogP contribution in [-0.2, 0) is 13.0 Å². The van der Waals surface area contributed by atoms with Gasteiger partial charge >= 0.3 is 0 Å². The van der Waals surface area contributed by atoms with E-state index in [-0.39, 0.29) is 5.91 Å². The molecular weight excluding hydrogens is 377 g/mol. The molecule has 5 heteroatoms. The first kappa shape index (κ1) is 18.3. The number of hydrogen-bond donors (Lipinski definition) is 0. The predicted octanol–water partition coefficient (Wildman–Crippen LogP) is 5.02. The van der Waals surface area contributed by atoms with Gasteiger partial charge in [0.2, 0.25) is 0 Å². The molecule has 3 heterocycles. The Labute approximate surface area is 174 Å². The van der Waals surface area contributed by atoms with Crippen LogP contribution >= 0.6 is 0 Å². The third-order valence-corrected chi connectivity index (χ3v) is 5.51. The molecule has 1 unspecified atom stereocenters. The van der Waals surface area contributed by atoms with Crippen LogP contribution < -0.4 is 9.80 Å². The van der Waals surface area contributed by atoms with Crippen LogP contribution in [0.1, 0.15) is 27.0 Å². The largest absolute Gasteiger partial charge is 0.304 e. The summed E-state index contributed by atoms with van der Waals surface area (Å²) in [6.45, 7) is 0.500. The molecule has 0 spiro atoms. The van der Waals surface area contributed by atoms with Crippen LogP contribution in [0.3, 0.4) is 0 Å². The van der Waals surface area contributed by atoms with E-state index in [1.807, 2.05) is 30.3 Å². The van der Waals surface area contributed by atoms with E-state index in [9.17, 15) is 9.18 Å². The topological polar surface area (TPSA) is 36.4 Å². The molecule has 4 nitrogen and oxygen atoms in total. The van der Waals surface area contributed by atoms with Gasteiger partial charge < -0.3 is 4.90 Å². The lowest BCUT2D eigenvalue weighted by Gasteiger charge is -2.25. The second kappa shape index (κ2) is 7.59. The zero-order chi connectivity index (χ0) is 20.5. The Morgan fingerprint density at radius 3 is 2.47 bits per heavy atom. The smallest absolute Gasteiger partial charge is 0.260 e. The minimum atomic E-state index is -1.27. The summed E-state index contributed by atoms with van der Waals surface area (Å²) in [7, 11) is 0. The molecule has 2 aliphatic rings. The number of halogens is 1. The van der Waals surface area contributed by atoms with Crippen LogP contribution in [0.15, 0.2) is 91.3 Å². The molecule has 2 aliphatic heterocycles. The van der Waals surface area contributed by atoms with Gasteiger partial charge in [0.1, 0.15) is 5.82 Å². The Balaban J connectivity index is 1.48. The summed E-state index contributed by atoms with van der Waals surface area (Å²) in [5, 5.41) is 0. The molecular formula is C25H20FN3O. The van der Waals surface area contributed by atoms with Crippen molar-refractivity contribution in [2.24, 2.45) is 0 Å². The summed E-state index contributed by atoms with van der Waals surface area (Å²) in [4.78, 5) is 21.0. The number of aromatic nitrogens is 1. The minimum absolute atomic E-state index is 0.121. The van der Waals surface area contributed by atoms with Gasteiger partial charge in [-0.05, 0) is 53.5 Å². The average molecular weight is 397 g/mol. The van der Waals surface area contributed by atoms with Crippen LogP contribution in [0.5, 0.6) is 0 Å². The van der Waals surface area contributed by atoms with Gasteiger partial charge in [-0.15, -0.1) is 0 Å². The molecule has 2 aromatic carbocycles. The number of alkyl halides is 1. The molecule has 3 aromatic rings. The summed E-state index contributed by atoms with van der Waals surface area (Å²) >= 11 is 0. The number of nitrogens with zero attached hydrogens (tertiary/aromatic N) is 3. The molecule has 0 saturated carbocycles. The van der Waals surface area contributed by atoms with Crippen molar-refractivity contribution in [2.45, 2.75) is 19.3 Å². The van der Waals surface area contributed by atoms with E-state index in [1.54, 1.807) is 35.4 Å². The number of benzene rings is 2. The molecule has 0 saturated heterocycles. The van der Waals surface area contributed by atoms with E-state index in [2.05, 4.69) is 23.2 Å². The zero-order valence-electron chi connectivity index (χ0n) is 16.3. The Hall–Kier alpha value is -3.73. The number of allylic oxidation sites excluding steroid dienone is 2. The van der Waals surface area contributed by atoms with Gasteiger partial charge in [0.15, 0.2) is 6.30 Å². The van der Waals surface area contributed by atoms with E-state index in [0.717, 1.165) is 23.2 Å². The third-order valence-electron chi connectivity index (χ3n) is 5.51. The summed E-state index contributed by atoms with van der Waals surface area (Å²) in [6.07, 6.45) is 7.55. The van der Waals surface area contributed by atoms with E-state index < -0.39 is 6.30 Å². The standard InChI is InChI=1S/C25H20FN3O/c26-23-11-5-6-14-28(23)24-13-12-20(16-27-24)25(30)29-17-21-9-2-1-7-18(21)15-19-8-3-4-10-22(19)29/h1-14,16,23H,15,17H2. The van der Waals surface area contributed by atoms with Crippen LogP contribution in [0.25, 0.3) is 0 Å². The van der Waals surface area contributed by atoms with Gasteiger partial charge in [-0.25, -0.2) is 9.37 Å². The van der Waals surface area contributed by atoms with Gasteiger partial charge in [0.05, 0.1) is 12.1 Å². The lowest BCUT2D eigenvalue weighted by atomic mass is 10.0. The quantitative estimate of drug-likeness (QED) is 0.570. The molecule has 0 fully saturated rings. The summed E-state index contributed by atoms with van der Waals surface area (Å²) < 4.78 is 14.1. The Bertz CT molecular complexity index is 1150. The number of carbonyl (C=O) groups is 1. The maximum absolute atomic E-state index is 14.1. The predicted molar refractivity (Wildman–Crippen MR) is 116 cm³/mol. The molecule has 148 valence electrons. The molecule has 1 amide bonds. The monoisotopic (exact) mass is 397 g/mol. The Kier molecular flexibility index (Phi) is 4.64. The van der Waals surface area contributed by atoms with Crippen LogP contribution in [0.4, 0.5) is 15.9 Å². The average Bonchev–Trinajstić information content (AvgIpc) is 2.96. The maximum atomic E-state index is 14.1. The fraction of sp³-hybridized carbons (Fsp3) is 0.120. The van der Waals surface area contributed by atoms with Crippen molar-refractivity contribution in [3.63, 3.8) is 0 Å². The second-order valence-electron chi connectivity index (χ2n) is 7.38. The van der Waals surface area contributed by atoms with Crippen molar-refractivity contribution in [1.29, 1.82) is 0 Å². The van der Waals surface area contributed by atoms with Crippen molar-refractivity contribution in [1.82, 2.24) is 4.98 Å². The van der Waals surface area contributed by atoms with E-state index in [0.29, 0.717) is 17.9 Å². The molecule has 0 aliphatic carbocycles. The highest BCUT2D eigenvalue weighted by molar-refractivity contribution is 6.06. The van der Waals surface area contributed by atoms with Gasteiger partial charge in [-0.1, -0.05) is 48.5 Å². The third kappa shape index (κ3) is 3.28. The zero-order valence-corrected chi connectivity index (χ0v) is 16.3. The molecule has 0 radical (unpaired) electrons. The number of fused-ring (bicyclic) bond motifs is 2. The molecule has 1 atom stereocenters. The van der Waals surface area contributed by atoms with Gasteiger partial charge in [0.25, 0.3) is 5.91 Å². The van der Waals surface area contributed by atoms with Gasteiger partial charge in [0, 0.05) is 18.1 Å². The van der Waals surface area contributed by atoms with Crippen molar-refractivity contribution in [2.75, 3.05) is 9.80 Å². The fourth-order valence-electron chi connectivity index (χ4n) is 3.95. The number of pyridine rings is 1. The molecule has 30 heavy (non-hydrogen) atoms. The fourth-order valence-corrected chi connectivity index (χ4v) is 3.95. The second-order valence-corrected chi connectivity index (χ2v) is 7.38. The first-order chi connectivity index (χ1) is 14.7. The van der Waals surface area contributed by atoms with Gasteiger partial charge in [-0.2, -0.15) is 0 Å². The highest BCUT2D eigenvalue weighted by Gasteiger charge is 2.25. The van der Waals surface area contributed by atoms with Crippen LogP contribution in [-0.4, -0.2) is 17.2 Å². The summed E-state index contributed by atoms with van der Waals surface area (Å²) in [5.41, 5.74) is 4.87. The minimum Gasteiger partial charge on any atom is -0.304 e.